The fourth-order valence-electron chi connectivity index (χ4n) is 3.76. The first-order valence-electron chi connectivity index (χ1n) is 6.98. The number of anilines is 1. The van der Waals surface area contributed by atoms with Crippen LogP contribution in [0.2, 0.25) is 0 Å². The van der Waals surface area contributed by atoms with Crippen LogP contribution in [0.1, 0.15) is 24.8 Å². The van der Waals surface area contributed by atoms with Gasteiger partial charge in [-0.25, -0.2) is 14.8 Å². The van der Waals surface area contributed by atoms with Crippen molar-refractivity contribution < 1.29 is 14.6 Å². The van der Waals surface area contributed by atoms with E-state index >= 15 is 0 Å². The maximum Gasteiger partial charge on any atom is 0.326 e. The van der Waals surface area contributed by atoms with Gasteiger partial charge in [-0.05, 0) is 31.6 Å². The molecule has 3 atom stereocenters. The van der Waals surface area contributed by atoms with Crippen LogP contribution in [0.5, 0.6) is 5.88 Å². The van der Waals surface area contributed by atoms with Gasteiger partial charge in [0.1, 0.15) is 18.2 Å². The summed E-state index contributed by atoms with van der Waals surface area (Å²) in [6.45, 7) is 2.64. The molecule has 1 aromatic rings. The molecule has 1 aliphatic carbocycles. The van der Waals surface area contributed by atoms with Gasteiger partial charge in [-0.2, -0.15) is 0 Å². The Kier molecular flexibility index (Phi) is 3.23. The summed E-state index contributed by atoms with van der Waals surface area (Å²) in [4.78, 5) is 22.0. The summed E-state index contributed by atoms with van der Waals surface area (Å²) in [6, 6.07) is -0.471. The predicted molar refractivity (Wildman–Crippen MR) is 72.9 cm³/mol. The van der Waals surface area contributed by atoms with E-state index in [4.69, 9.17) is 4.74 Å². The highest BCUT2D eigenvalue weighted by Gasteiger charge is 2.48. The van der Waals surface area contributed by atoms with Gasteiger partial charge in [0, 0.05) is 6.54 Å². The fourth-order valence-corrected chi connectivity index (χ4v) is 3.76. The van der Waals surface area contributed by atoms with E-state index in [-0.39, 0.29) is 5.92 Å². The zero-order chi connectivity index (χ0) is 14.3. The number of ether oxygens (including phenoxy) is 1. The number of rotatable bonds is 3. The predicted octanol–water partition coefficient (Wildman–Crippen LogP) is 1.48. The van der Waals surface area contributed by atoms with E-state index in [2.05, 4.69) is 9.97 Å². The van der Waals surface area contributed by atoms with Crippen molar-refractivity contribution in [1.29, 1.82) is 0 Å². The van der Waals surface area contributed by atoms with E-state index in [1.807, 2.05) is 11.8 Å². The van der Waals surface area contributed by atoms with Crippen LogP contribution >= 0.6 is 0 Å². The molecule has 6 nitrogen and oxygen atoms in total. The Bertz CT molecular complexity index is 534. The van der Waals surface area contributed by atoms with E-state index in [1.54, 1.807) is 7.11 Å². The van der Waals surface area contributed by atoms with Gasteiger partial charge >= 0.3 is 5.97 Å². The lowest BCUT2D eigenvalue weighted by Gasteiger charge is -2.26. The Labute approximate surface area is 117 Å². The molecule has 1 aliphatic heterocycles. The molecule has 0 radical (unpaired) electrons. The van der Waals surface area contributed by atoms with Crippen LogP contribution in [0.25, 0.3) is 0 Å². The van der Waals surface area contributed by atoms with Crippen LogP contribution in [0.15, 0.2) is 6.33 Å². The number of carbonyl (C=O) groups is 1. The zero-order valence-corrected chi connectivity index (χ0v) is 11.7. The summed E-state index contributed by atoms with van der Waals surface area (Å²) in [5, 5.41) is 9.59. The van der Waals surface area contributed by atoms with E-state index in [9.17, 15) is 9.90 Å². The van der Waals surface area contributed by atoms with Crippen molar-refractivity contribution in [1.82, 2.24) is 9.97 Å². The molecule has 1 N–H and O–H groups in total. The number of carboxylic acids is 1. The van der Waals surface area contributed by atoms with Crippen molar-refractivity contribution in [3.8, 4) is 5.88 Å². The third-order valence-electron chi connectivity index (χ3n) is 4.62. The van der Waals surface area contributed by atoms with Crippen molar-refractivity contribution in [3.63, 3.8) is 0 Å². The first-order chi connectivity index (χ1) is 9.63. The van der Waals surface area contributed by atoms with Crippen LogP contribution in [-0.2, 0) is 4.79 Å². The molecule has 2 heterocycles. The minimum atomic E-state index is -0.753. The van der Waals surface area contributed by atoms with Crippen LogP contribution in [0.4, 0.5) is 5.82 Å². The highest BCUT2D eigenvalue weighted by atomic mass is 16.5. The van der Waals surface area contributed by atoms with E-state index in [0.717, 1.165) is 31.4 Å². The molecule has 1 saturated heterocycles. The average Bonchev–Trinajstić information content (AvgIpc) is 2.98. The smallest absolute Gasteiger partial charge is 0.326 e. The molecule has 108 valence electrons. The summed E-state index contributed by atoms with van der Waals surface area (Å²) in [5.41, 5.74) is 0.807. The summed E-state index contributed by atoms with van der Waals surface area (Å²) in [7, 11) is 1.56. The Morgan fingerprint density at radius 3 is 2.95 bits per heavy atom. The summed E-state index contributed by atoms with van der Waals surface area (Å²) >= 11 is 0. The fraction of sp³-hybridized carbons (Fsp3) is 0.643. The molecule has 0 bridgehead atoms. The largest absolute Gasteiger partial charge is 0.481 e. The molecule has 3 rings (SSSR count). The van der Waals surface area contributed by atoms with Crippen LogP contribution in [0.3, 0.4) is 0 Å². The molecule has 0 aromatic carbocycles. The Hall–Kier alpha value is -1.85. The molecule has 2 fully saturated rings. The molecule has 2 aliphatic rings. The number of hydrogen-bond acceptors (Lipinski definition) is 5. The third kappa shape index (κ3) is 1.90. The lowest BCUT2D eigenvalue weighted by molar-refractivity contribution is -0.139. The van der Waals surface area contributed by atoms with Crippen molar-refractivity contribution in [2.45, 2.75) is 32.2 Å². The number of aliphatic carboxylic acids is 1. The Morgan fingerprint density at radius 2 is 2.25 bits per heavy atom. The highest BCUT2D eigenvalue weighted by Crippen LogP contribution is 2.44. The molecule has 1 saturated carbocycles. The van der Waals surface area contributed by atoms with Crippen LogP contribution in [0, 0.1) is 18.8 Å². The lowest BCUT2D eigenvalue weighted by atomic mass is 9.94. The second-order valence-corrected chi connectivity index (χ2v) is 5.62. The number of carboxylic acid groups (broad SMARTS) is 1. The third-order valence-corrected chi connectivity index (χ3v) is 4.62. The minimum Gasteiger partial charge on any atom is -0.481 e. The first-order valence-corrected chi connectivity index (χ1v) is 6.98. The summed E-state index contributed by atoms with van der Waals surface area (Å²) in [5.74, 6) is 1.16. The van der Waals surface area contributed by atoms with E-state index in [1.165, 1.54) is 6.33 Å². The SMILES string of the molecule is COc1ncnc(N2CC3CCCC3C2C(=O)O)c1C. The molecule has 20 heavy (non-hydrogen) atoms. The van der Waals surface area contributed by atoms with Gasteiger partial charge in [0.05, 0.1) is 12.7 Å². The molecule has 1 aromatic heterocycles. The molecular weight excluding hydrogens is 258 g/mol. The van der Waals surface area contributed by atoms with Gasteiger partial charge in [0.2, 0.25) is 5.88 Å². The van der Waals surface area contributed by atoms with E-state index < -0.39 is 12.0 Å². The highest BCUT2D eigenvalue weighted by molar-refractivity contribution is 5.80. The van der Waals surface area contributed by atoms with Crippen molar-refractivity contribution in [2.75, 3.05) is 18.6 Å². The quantitative estimate of drug-likeness (QED) is 0.902. The van der Waals surface area contributed by atoms with Crippen molar-refractivity contribution in [3.05, 3.63) is 11.9 Å². The average molecular weight is 277 g/mol. The number of hydrogen-bond donors (Lipinski definition) is 1. The molecule has 3 unspecified atom stereocenters. The van der Waals surface area contributed by atoms with Gasteiger partial charge in [-0.1, -0.05) is 6.42 Å². The number of fused-ring (bicyclic) bond motifs is 1. The number of aromatic nitrogens is 2. The summed E-state index contributed by atoms with van der Waals surface area (Å²) in [6.07, 6.45) is 4.69. The van der Waals surface area contributed by atoms with Crippen molar-refractivity contribution >= 4 is 11.8 Å². The van der Waals surface area contributed by atoms with Gasteiger partial charge in [-0.15, -0.1) is 0 Å². The molecule has 0 spiro atoms. The molecular formula is C14H19N3O3. The summed E-state index contributed by atoms with van der Waals surface area (Å²) < 4.78 is 5.21. The molecule has 0 amide bonds. The van der Waals surface area contributed by atoms with Crippen LogP contribution in [-0.4, -0.2) is 40.7 Å². The molecule has 6 heteroatoms. The number of nitrogens with zero attached hydrogens (tertiary/aromatic N) is 3. The van der Waals surface area contributed by atoms with Crippen LogP contribution < -0.4 is 9.64 Å². The first kappa shape index (κ1) is 13.1. The van der Waals surface area contributed by atoms with E-state index in [0.29, 0.717) is 17.6 Å². The van der Waals surface area contributed by atoms with Gasteiger partial charge < -0.3 is 14.7 Å². The van der Waals surface area contributed by atoms with Crippen molar-refractivity contribution in [2.24, 2.45) is 11.8 Å². The zero-order valence-electron chi connectivity index (χ0n) is 11.7. The standard InChI is InChI=1S/C14H19N3O3/c1-8-12(15-7-16-13(8)20-2)17-6-9-4-3-5-10(9)11(17)14(18)19/h7,9-11H,3-6H2,1-2H3,(H,18,19). The minimum absolute atomic E-state index is 0.243. The number of methoxy groups -OCH3 is 1. The Morgan fingerprint density at radius 1 is 1.45 bits per heavy atom. The normalized spacial score (nSPS) is 28.5. The van der Waals surface area contributed by atoms with Gasteiger partial charge in [0.25, 0.3) is 0 Å². The maximum atomic E-state index is 11.7. The maximum absolute atomic E-state index is 11.7. The second-order valence-electron chi connectivity index (χ2n) is 5.62. The van der Waals surface area contributed by atoms with Gasteiger partial charge in [-0.3, -0.25) is 0 Å². The topological polar surface area (TPSA) is 75.6 Å². The second kappa shape index (κ2) is 4.92. The monoisotopic (exact) mass is 277 g/mol. The lowest BCUT2D eigenvalue weighted by Crippen LogP contribution is -2.40. The Balaban J connectivity index is 1.99. The van der Waals surface area contributed by atoms with Gasteiger partial charge in [0.15, 0.2) is 0 Å².